The van der Waals surface area contributed by atoms with Crippen molar-refractivity contribution in [1.29, 1.82) is 0 Å². The molecule has 2 fully saturated rings. The van der Waals surface area contributed by atoms with Crippen LogP contribution in [0.4, 0.5) is 0 Å². The zero-order valence-electron chi connectivity index (χ0n) is 14.3. The largest absolute Gasteiger partial charge is 0.304 e. The molecule has 0 aromatic heterocycles. The van der Waals surface area contributed by atoms with E-state index in [4.69, 9.17) is 4.99 Å². The molecular formula is C18H32N2OS. The van der Waals surface area contributed by atoms with Crippen molar-refractivity contribution in [2.24, 2.45) is 4.99 Å². The van der Waals surface area contributed by atoms with Gasteiger partial charge in [0, 0.05) is 0 Å². The van der Waals surface area contributed by atoms with Crippen LogP contribution < -0.4 is 5.32 Å². The summed E-state index contributed by atoms with van der Waals surface area (Å²) >= 11 is 1.72. The van der Waals surface area contributed by atoms with E-state index in [1.165, 1.54) is 51.4 Å². The van der Waals surface area contributed by atoms with Crippen molar-refractivity contribution in [3.05, 3.63) is 0 Å². The van der Waals surface area contributed by atoms with Crippen molar-refractivity contribution in [1.82, 2.24) is 5.32 Å². The van der Waals surface area contributed by atoms with Crippen LogP contribution in [-0.2, 0) is 4.79 Å². The number of carbonyl (C=O) groups is 1. The zero-order valence-corrected chi connectivity index (χ0v) is 15.1. The Morgan fingerprint density at radius 2 is 1.86 bits per heavy atom. The zero-order chi connectivity index (χ0) is 15.8. The lowest BCUT2D eigenvalue weighted by atomic mass is 9.88. The number of amidine groups is 1. The van der Waals surface area contributed by atoms with Crippen LogP contribution in [0.25, 0.3) is 0 Å². The van der Waals surface area contributed by atoms with Crippen LogP contribution in [0.15, 0.2) is 4.99 Å². The van der Waals surface area contributed by atoms with Gasteiger partial charge < -0.3 is 5.32 Å². The van der Waals surface area contributed by atoms with E-state index in [1.54, 1.807) is 11.8 Å². The number of amides is 1. The van der Waals surface area contributed by atoms with E-state index in [-0.39, 0.29) is 10.7 Å². The van der Waals surface area contributed by atoms with Gasteiger partial charge in [-0.25, -0.2) is 0 Å². The number of unbranched alkanes of at least 4 members (excludes halogenated alkanes) is 4. The number of thioether (sulfide) groups is 1. The van der Waals surface area contributed by atoms with Crippen LogP contribution in [0.1, 0.15) is 90.9 Å². The summed E-state index contributed by atoms with van der Waals surface area (Å²) in [5, 5.41) is 3.96. The average Bonchev–Trinajstić information content (AvgIpc) is 2.82. The Labute approximate surface area is 140 Å². The lowest BCUT2D eigenvalue weighted by Gasteiger charge is -2.28. The predicted octanol–water partition coefficient (Wildman–Crippen LogP) is 5.05. The highest BCUT2D eigenvalue weighted by Crippen LogP contribution is 2.44. The van der Waals surface area contributed by atoms with Gasteiger partial charge in [-0.1, -0.05) is 77.0 Å². The molecule has 2 aliphatic rings. The summed E-state index contributed by atoms with van der Waals surface area (Å²) in [6.45, 7) is 4.46. The second kappa shape index (κ2) is 8.95. The predicted molar refractivity (Wildman–Crippen MR) is 96.4 cm³/mol. The Balaban J connectivity index is 1.84. The number of nitrogens with zero attached hydrogens (tertiary/aromatic N) is 1. The Morgan fingerprint density at radius 3 is 2.55 bits per heavy atom. The number of aliphatic imine (C=N–C) groups is 1. The van der Waals surface area contributed by atoms with Gasteiger partial charge in [-0.2, -0.15) is 0 Å². The Hall–Kier alpha value is -0.510. The van der Waals surface area contributed by atoms with Gasteiger partial charge in [0.2, 0.25) is 5.91 Å². The van der Waals surface area contributed by atoms with Crippen LogP contribution in [0, 0.1) is 0 Å². The minimum absolute atomic E-state index is 0.184. The molecule has 0 bridgehead atoms. The van der Waals surface area contributed by atoms with E-state index in [1.807, 2.05) is 0 Å². The number of nitrogens with one attached hydrogen (secondary N) is 1. The number of carbonyl (C=O) groups excluding carboxylic acids is 1. The normalized spacial score (nSPS) is 23.9. The fraction of sp³-hybridized carbons (Fsp3) is 0.889. The van der Waals surface area contributed by atoms with Crippen molar-refractivity contribution in [2.45, 2.75) is 102 Å². The Bertz CT molecular complexity index is 389. The van der Waals surface area contributed by atoms with Gasteiger partial charge >= 0.3 is 0 Å². The van der Waals surface area contributed by atoms with Crippen LogP contribution in [0.5, 0.6) is 0 Å². The lowest BCUT2D eigenvalue weighted by Crippen LogP contribution is -2.38. The third-order valence-electron chi connectivity index (χ3n) is 5.00. The minimum Gasteiger partial charge on any atom is -0.304 e. The van der Waals surface area contributed by atoms with Gasteiger partial charge in [0.25, 0.3) is 0 Å². The molecule has 0 aromatic carbocycles. The Morgan fingerprint density at radius 1 is 1.14 bits per heavy atom. The summed E-state index contributed by atoms with van der Waals surface area (Å²) in [7, 11) is 0. The molecule has 1 spiro atoms. The second-order valence-corrected chi connectivity index (χ2v) is 8.18. The highest BCUT2D eigenvalue weighted by molar-refractivity contribution is 8.16. The summed E-state index contributed by atoms with van der Waals surface area (Å²) in [5.74, 6) is 0.216. The van der Waals surface area contributed by atoms with Gasteiger partial charge in [0.05, 0.1) is 6.04 Å². The molecule has 1 saturated carbocycles. The third-order valence-corrected chi connectivity index (χ3v) is 6.38. The topological polar surface area (TPSA) is 41.5 Å². The van der Waals surface area contributed by atoms with E-state index < -0.39 is 0 Å². The molecule has 4 heteroatoms. The summed E-state index contributed by atoms with van der Waals surface area (Å²) in [4.78, 5) is 17.2. The molecule has 1 amide bonds. The van der Waals surface area contributed by atoms with E-state index in [0.29, 0.717) is 6.04 Å². The van der Waals surface area contributed by atoms with Crippen molar-refractivity contribution in [3.63, 3.8) is 0 Å². The maximum Gasteiger partial charge on any atom is 0.242 e. The first-order chi connectivity index (χ1) is 10.7. The van der Waals surface area contributed by atoms with Crippen LogP contribution in [0.3, 0.4) is 0 Å². The van der Waals surface area contributed by atoms with Crippen molar-refractivity contribution < 1.29 is 4.79 Å². The molecule has 0 aromatic rings. The molecule has 1 N–H and O–H groups in total. The highest BCUT2D eigenvalue weighted by Gasteiger charge is 2.47. The summed E-state index contributed by atoms with van der Waals surface area (Å²) in [5.41, 5.74) is 0. The Kier molecular flexibility index (Phi) is 7.26. The van der Waals surface area contributed by atoms with Gasteiger partial charge in [-0.3, -0.25) is 9.79 Å². The number of rotatable bonds is 8. The fourth-order valence-corrected chi connectivity index (χ4v) is 4.84. The van der Waals surface area contributed by atoms with Crippen LogP contribution in [-0.4, -0.2) is 21.9 Å². The first-order valence-electron chi connectivity index (χ1n) is 9.28. The van der Waals surface area contributed by atoms with Gasteiger partial charge in [0.1, 0.15) is 4.75 Å². The summed E-state index contributed by atoms with van der Waals surface area (Å²) < 4.78 is -0.184. The molecule has 1 unspecified atom stereocenters. The fourth-order valence-electron chi connectivity index (χ4n) is 3.49. The SMILES string of the molecule is CCCCCCCC(CC)N=C1NC(=O)C2(CCCCC2)S1. The van der Waals surface area contributed by atoms with E-state index in [2.05, 4.69) is 19.2 Å². The monoisotopic (exact) mass is 324 g/mol. The number of hydrogen-bond donors (Lipinski definition) is 1. The smallest absolute Gasteiger partial charge is 0.242 e. The molecule has 0 radical (unpaired) electrons. The molecule has 1 aliphatic heterocycles. The molecule has 126 valence electrons. The van der Waals surface area contributed by atoms with Crippen molar-refractivity contribution >= 4 is 22.8 Å². The van der Waals surface area contributed by atoms with Crippen molar-refractivity contribution in [3.8, 4) is 0 Å². The van der Waals surface area contributed by atoms with E-state index in [9.17, 15) is 4.79 Å². The molecule has 22 heavy (non-hydrogen) atoms. The maximum atomic E-state index is 12.4. The van der Waals surface area contributed by atoms with Gasteiger partial charge in [-0.05, 0) is 25.7 Å². The highest BCUT2D eigenvalue weighted by atomic mass is 32.2. The van der Waals surface area contributed by atoms with Crippen LogP contribution in [0.2, 0.25) is 0 Å². The molecule has 1 aliphatic carbocycles. The van der Waals surface area contributed by atoms with E-state index >= 15 is 0 Å². The summed E-state index contributed by atoms with van der Waals surface area (Å²) in [6.07, 6.45) is 14.5. The third kappa shape index (κ3) is 4.74. The standard InChI is InChI=1S/C18H32N2OS/c1-3-5-6-7-9-12-15(4-2)19-17-20-16(21)18(22-17)13-10-8-11-14-18/h15H,3-14H2,1-2H3,(H,19,20,21). The molecular weight excluding hydrogens is 292 g/mol. The van der Waals surface area contributed by atoms with E-state index in [0.717, 1.165) is 30.9 Å². The van der Waals surface area contributed by atoms with Crippen molar-refractivity contribution in [2.75, 3.05) is 0 Å². The maximum absolute atomic E-state index is 12.4. The average molecular weight is 325 g/mol. The lowest BCUT2D eigenvalue weighted by molar-refractivity contribution is -0.122. The minimum atomic E-state index is -0.184. The molecule has 2 rings (SSSR count). The number of hydrogen-bond acceptors (Lipinski definition) is 3. The summed E-state index contributed by atoms with van der Waals surface area (Å²) in [6, 6.07) is 0.378. The van der Waals surface area contributed by atoms with Gasteiger partial charge in [0.15, 0.2) is 5.17 Å². The van der Waals surface area contributed by atoms with Crippen LogP contribution >= 0.6 is 11.8 Å². The quantitative estimate of drug-likeness (QED) is 0.635. The first-order valence-corrected chi connectivity index (χ1v) is 10.1. The second-order valence-electron chi connectivity index (χ2n) is 6.81. The molecule has 1 saturated heterocycles. The molecule has 1 atom stereocenters. The molecule has 3 nitrogen and oxygen atoms in total. The van der Waals surface area contributed by atoms with Gasteiger partial charge in [-0.15, -0.1) is 0 Å². The molecule has 1 heterocycles. The first kappa shape index (κ1) is 17.8.